The second-order valence-corrected chi connectivity index (χ2v) is 24.1. The van der Waals surface area contributed by atoms with Crippen molar-refractivity contribution in [2.75, 3.05) is 6.61 Å². The summed E-state index contributed by atoms with van der Waals surface area (Å²) in [5, 5.41) is 12.4. The third-order valence-corrected chi connectivity index (χ3v) is 18.6. The number of non-ortho nitro benzene ring substituents is 1. The number of rotatable bonds is 8. The van der Waals surface area contributed by atoms with Gasteiger partial charge in [-0.15, -0.1) is 0 Å². The molecule has 13 heteroatoms. The first-order chi connectivity index (χ1) is 19.9. The quantitative estimate of drug-likeness (QED) is 0.113. The number of imidazole rings is 1. The van der Waals surface area contributed by atoms with E-state index in [1.165, 1.54) is 12.4 Å². The van der Waals surface area contributed by atoms with E-state index in [0.29, 0.717) is 35.5 Å². The maximum Gasteiger partial charge on any atom is 0.271 e. The largest absolute Gasteiger partial charge is 0.414 e. The summed E-state index contributed by atoms with van der Waals surface area (Å²) in [7, 11) is -4.11. The van der Waals surface area contributed by atoms with Crippen LogP contribution in [0.2, 0.25) is 36.3 Å². The van der Waals surface area contributed by atoms with E-state index in [9.17, 15) is 10.1 Å². The van der Waals surface area contributed by atoms with Crippen LogP contribution < -0.4 is 0 Å². The highest BCUT2D eigenvalue weighted by atomic mass is 28.4. The molecule has 1 aliphatic heterocycles. The van der Waals surface area contributed by atoms with Crippen molar-refractivity contribution in [1.82, 2.24) is 24.1 Å². The summed E-state index contributed by atoms with van der Waals surface area (Å²) in [5.74, 6) is 0.545. The van der Waals surface area contributed by atoms with Gasteiger partial charge in [-0.3, -0.25) is 19.2 Å². The lowest BCUT2D eigenvalue weighted by atomic mass is 10.2. The van der Waals surface area contributed by atoms with Gasteiger partial charge in [0, 0.05) is 30.1 Å². The third-order valence-electron chi connectivity index (χ3n) is 9.61. The number of benzene rings is 1. The minimum absolute atomic E-state index is 0.0152. The molecule has 3 aromatic heterocycles. The maximum absolute atomic E-state index is 11.4. The van der Waals surface area contributed by atoms with E-state index >= 15 is 0 Å². The number of hydrogen-bond acceptors (Lipinski definition) is 8. The van der Waals surface area contributed by atoms with E-state index in [-0.39, 0.29) is 34.2 Å². The number of nitrogens with zero attached hydrogens (tertiary/aromatic N) is 6. The van der Waals surface area contributed by atoms with E-state index in [1.807, 2.05) is 21.4 Å². The zero-order valence-electron chi connectivity index (χ0n) is 26.9. The molecule has 0 bridgehead atoms. The standard InChI is InChI=1S/C30H44N6O5Si2/c1-29(2,3)42(7,8)39-17-24-23(41-43(9,10)30(4,5)6)16-25(40-24)35-19-33-26-27(31-18-32-28(26)35)34-14-13-20-11-12-21(36(37)38)15-22(20)34/h11-15,18-19,23-25H,16-17H2,1-10H3/t23-,24+,25+/m0/s1. The van der Waals surface area contributed by atoms with Crippen LogP contribution in [0.1, 0.15) is 54.2 Å². The van der Waals surface area contributed by atoms with Crippen molar-refractivity contribution in [1.29, 1.82) is 0 Å². The van der Waals surface area contributed by atoms with Gasteiger partial charge >= 0.3 is 0 Å². The SMILES string of the molecule is CC(C)(C)[Si](C)(C)OC[C@H]1O[C@@H](n2cnc3c(-n4ccc5ccc([N+](=O)[O-])cc54)ncnc32)C[C@@H]1O[Si](C)(C)C(C)(C)C. The number of hydrogen-bond donors (Lipinski definition) is 0. The van der Waals surface area contributed by atoms with Gasteiger partial charge in [0.05, 0.1) is 29.5 Å². The number of nitro benzene ring substituents is 1. The average Bonchev–Trinajstić information content (AvgIpc) is 3.62. The molecule has 1 aromatic carbocycles. The molecule has 0 N–H and O–H groups in total. The van der Waals surface area contributed by atoms with Gasteiger partial charge in [0.15, 0.2) is 33.6 Å². The molecule has 5 rings (SSSR count). The number of nitro groups is 1. The van der Waals surface area contributed by atoms with Crippen LogP contribution in [-0.2, 0) is 13.6 Å². The monoisotopic (exact) mass is 624 g/mol. The Morgan fingerprint density at radius 3 is 2.37 bits per heavy atom. The predicted octanol–water partition coefficient (Wildman–Crippen LogP) is 7.38. The Balaban J connectivity index is 1.49. The van der Waals surface area contributed by atoms with Gasteiger partial charge in [-0.2, -0.15) is 0 Å². The fraction of sp³-hybridized carbons (Fsp3) is 0.567. The summed E-state index contributed by atoms with van der Waals surface area (Å²) >= 11 is 0. The highest BCUT2D eigenvalue weighted by molar-refractivity contribution is 6.74. The molecule has 0 spiro atoms. The van der Waals surface area contributed by atoms with Crippen LogP contribution in [0.5, 0.6) is 0 Å². The summed E-state index contributed by atoms with van der Waals surface area (Å²) in [6.07, 6.45) is 5.00. The van der Waals surface area contributed by atoms with Crippen LogP contribution in [-0.4, -0.2) is 64.5 Å². The van der Waals surface area contributed by atoms with Crippen molar-refractivity contribution in [3.05, 3.63) is 53.2 Å². The van der Waals surface area contributed by atoms with E-state index < -0.39 is 21.6 Å². The Kier molecular flexibility index (Phi) is 7.95. The first kappa shape index (κ1) is 31.4. The van der Waals surface area contributed by atoms with Crippen LogP contribution in [0.15, 0.2) is 43.1 Å². The van der Waals surface area contributed by atoms with Crippen LogP contribution in [0.3, 0.4) is 0 Å². The number of aromatic nitrogens is 5. The van der Waals surface area contributed by atoms with Gasteiger partial charge < -0.3 is 13.6 Å². The fourth-order valence-corrected chi connectivity index (χ4v) is 7.22. The minimum Gasteiger partial charge on any atom is -0.414 e. The van der Waals surface area contributed by atoms with Crippen molar-refractivity contribution >= 4 is 44.4 Å². The molecule has 0 radical (unpaired) electrons. The molecule has 4 aromatic rings. The van der Waals surface area contributed by atoms with Gasteiger partial charge in [-0.25, -0.2) is 15.0 Å². The predicted molar refractivity (Wildman–Crippen MR) is 173 cm³/mol. The molecule has 0 aliphatic carbocycles. The van der Waals surface area contributed by atoms with Crippen molar-refractivity contribution in [2.24, 2.45) is 0 Å². The molecular weight excluding hydrogens is 581 g/mol. The summed E-state index contributed by atoms with van der Waals surface area (Å²) in [6, 6.07) is 6.69. The van der Waals surface area contributed by atoms with Crippen molar-refractivity contribution in [2.45, 2.75) is 103 Å². The first-order valence-electron chi connectivity index (χ1n) is 14.8. The molecular formula is C30H44N6O5Si2. The Morgan fingerprint density at radius 1 is 1.02 bits per heavy atom. The molecule has 1 aliphatic rings. The minimum atomic E-state index is -2.10. The second kappa shape index (κ2) is 10.9. The van der Waals surface area contributed by atoms with Crippen LogP contribution >= 0.6 is 0 Å². The topological polar surface area (TPSA) is 119 Å². The average molecular weight is 625 g/mol. The molecule has 11 nitrogen and oxygen atoms in total. The molecule has 4 heterocycles. The summed E-state index contributed by atoms with van der Waals surface area (Å²) in [6.45, 7) is 23.0. The lowest BCUT2D eigenvalue weighted by Gasteiger charge is -2.40. The van der Waals surface area contributed by atoms with Crippen LogP contribution in [0.25, 0.3) is 27.9 Å². The van der Waals surface area contributed by atoms with Gasteiger partial charge in [0.2, 0.25) is 0 Å². The molecule has 43 heavy (non-hydrogen) atoms. The lowest BCUT2D eigenvalue weighted by molar-refractivity contribution is -0.384. The molecule has 1 saturated heterocycles. The van der Waals surface area contributed by atoms with Crippen LogP contribution in [0.4, 0.5) is 5.69 Å². The van der Waals surface area contributed by atoms with Gasteiger partial charge in [0.25, 0.3) is 5.69 Å². The normalized spacial score (nSPS) is 20.4. The first-order valence-corrected chi connectivity index (χ1v) is 20.6. The second-order valence-electron chi connectivity index (χ2n) is 14.6. The van der Waals surface area contributed by atoms with Gasteiger partial charge in [0.1, 0.15) is 18.7 Å². The van der Waals surface area contributed by atoms with Gasteiger partial charge in [-0.1, -0.05) is 41.5 Å². The molecule has 0 amide bonds. The van der Waals surface area contributed by atoms with Crippen molar-refractivity contribution in [3.63, 3.8) is 0 Å². The molecule has 0 saturated carbocycles. The molecule has 232 valence electrons. The third kappa shape index (κ3) is 5.92. The van der Waals surface area contributed by atoms with Gasteiger partial charge in [-0.05, 0) is 48.4 Å². The Hall–Kier alpha value is -2.98. The number of fused-ring (bicyclic) bond motifs is 2. The summed E-state index contributed by atoms with van der Waals surface area (Å²) < 4.78 is 24.1. The van der Waals surface area contributed by atoms with E-state index in [0.717, 1.165) is 5.39 Å². The molecule has 3 atom stereocenters. The van der Waals surface area contributed by atoms with E-state index in [1.54, 1.807) is 18.5 Å². The maximum atomic E-state index is 11.4. The zero-order valence-corrected chi connectivity index (χ0v) is 28.9. The van der Waals surface area contributed by atoms with E-state index in [2.05, 4.69) is 77.7 Å². The molecule has 1 fully saturated rings. The van der Waals surface area contributed by atoms with E-state index in [4.69, 9.17) is 18.6 Å². The highest BCUT2D eigenvalue weighted by Crippen LogP contribution is 2.43. The van der Waals surface area contributed by atoms with Crippen molar-refractivity contribution < 1.29 is 18.5 Å². The fourth-order valence-electron chi connectivity index (χ4n) is 4.85. The smallest absolute Gasteiger partial charge is 0.271 e. The highest BCUT2D eigenvalue weighted by Gasteiger charge is 2.47. The van der Waals surface area contributed by atoms with Crippen LogP contribution in [0, 0.1) is 10.1 Å². The Labute approximate surface area is 255 Å². The molecule has 0 unspecified atom stereocenters. The Morgan fingerprint density at radius 2 is 1.72 bits per heavy atom. The number of ether oxygens (including phenoxy) is 1. The zero-order chi connectivity index (χ0) is 31.5. The van der Waals surface area contributed by atoms with Crippen molar-refractivity contribution in [3.8, 4) is 5.82 Å². The lowest BCUT2D eigenvalue weighted by Crippen LogP contribution is -2.48. The summed E-state index contributed by atoms with van der Waals surface area (Å²) in [5.41, 5.74) is 1.89. The summed E-state index contributed by atoms with van der Waals surface area (Å²) in [4.78, 5) is 24.9. The Bertz CT molecular complexity index is 1650.